The maximum atomic E-state index is 3.28. The number of aromatic amines is 1. The van der Waals surface area contributed by atoms with Crippen LogP contribution in [0.15, 0.2) is 24.3 Å². The van der Waals surface area contributed by atoms with E-state index in [0.29, 0.717) is 0 Å². The highest BCUT2D eigenvalue weighted by Crippen LogP contribution is 2.26. The molecule has 85 valence electrons. The molecule has 0 fully saturated rings. The molecule has 2 nitrogen and oxygen atoms in total. The number of benzene rings is 1. The van der Waals surface area contributed by atoms with Gasteiger partial charge in [0, 0.05) is 24.0 Å². The van der Waals surface area contributed by atoms with Gasteiger partial charge in [-0.1, -0.05) is 32.0 Å². The third-order valence-electron chi connectivity index (χ3n) is 2.80. The first kappa shape index (κ1) is 11.1. The molecule has 0 aliphatic heterocycles. The maximum absolute atomic E-state index is 3.28. The molecule has 0 bridgehead atoms. The Morgan fingerprint density at radius 2 is 1.81 bits per heavy atom. The van der Waals surface area contributed by atoms with Crippen LogP contribution in [0.4, 0.5) is 5.69 Å². The van der Waals surface area contributed by atoms with Gasteiger partial charge in [0.2, 0.25) is 0 Å². The Bertz CT molecular complexity index is 439. The number of hydrogen-bond donors (Lipinski definition) is 1. The van der Waals surface area contributed by atoms with Gasteiger partial charge >= 0.3 is 0 Å². The SMILES string of the molecule is CCCN(CCC)c1[c][nH]c2ccccc12. The van der Waals surface area contributed by atoms with Crippen molar-refractivity contribution in [3.63, 3.8) is 0 Å². The van der Waals surface area contributed by atoms with Crippen molar-refractivity contribution in [3.05, 3.63) is 30.5 Å². The van der Waals surface area contributed by atoms with E-state index in [-0.39, 0.29) is 0 Å². The second-order valence-corrected chi connectivity index (χ2v) is 4.13. The molecule has 1 heterocycles. The van der Waals surface area contributed by atoms with Crippen molar-refractivity contribution in [2.24, 2.45) is 0 Å². The molecule has 0 amide bonds. The summed E-state index contributed by atoms with van der Waals surface area (Å²) in [6.45, 7) is 6.65. The Morgan fingerprint density at radius 1 is 1.12 bits per heavy atom. The molecule has 0 aliphatic carbocycles. The average molecular weight is 215 g/mol. The molecule has 1 radical (unpaired) electrons. The number of para-hydroxylation sites is 1. The lowest BCUT2D eigenvalue weighted by molar-refractivity contribution is 0.747. The molecule has 1 aromatic heterocycles. The van der Waals surface area contributed by atoms with Crippen LogP contribution < -0.4 is 4.90 Å². The van der Waals surface area contributed by atoms with E-state index >= 15 is 0 Å². The molecule has 0 saturated heterocycles. The summed E-state index contributed by atoms with van der Waals surface area (Å²) in [6.07, 6.45) is 5.63. The summed E-state index contributed by atoms with van der Waals surface area (Å²) in [5.74, 6) is 0. The minimum atomic E-state index is 1.10. The maximum Gasteiger partial charge on any atom is 0.0890 e. The summed E-state index contributed by atoms with van der Waals surface area (Å²) >= 11 is 0. The zero-order chi connectivity index (χ0) is 11.4. The third kappa shape index (κ3) is 2.06. The number of nitrogens with one attached hydrogen (secondary N) is 1. The molecule has 2 rings (SSSR count). The van der Waals surface area contributed by atoms with Crippen molar-refractivity contribution in [1.82, 2.24) is 4.98 Å². The van der Waals surface area contributed by atoms with Gasteiger partial charge in [-0.3, -0.25) is 0 Å². The largest absolute Gasteiger partial charge is 0.369 e. The second-order valence-electron chi connectivity index (χ2n) is 4.13. The number of anilines is 1. The van der Waals surface area contributed by atoms with E-state index in [2.05, 4.69) is 54.2 Å². The Morgan fingerprint density at radius 3 is 2.50 bits per heavy atom. The van der Waals surface area contributed by atoms with Crippen LogP contribution in [0.5, 0.6) is 0 Å². The van der Waals surface area contributed by atoms with E-state index in [0.717, 1.165) is 13.1 Å². The van der Waals surface area contributed by atoms with Crippen LogP contribution in [0.3, 0.4) is 0 Å². The lowest BCUT2D eigenvalue weighted by Gasteiger charge is -2.22. The van der Waals surface area contributed by atoms with Gasteiger partial charge in [0.05, 0.1) is 11.9 Å². The normalized spacial score (nSPS) is 10.9. The van der Waals surface area contributed by atoms with E-state index < -0.39 is 0 Å². The summed E-state index contributed by atoms with van der Waals surface area (Å²) in [6, 6.07) is 8.41. The lowest BCUT2D eigenvalue weighted by Crippen LogP contribution is -2.24. The molecule has 1 N–H and O–H groups in total. The Labute approximate surface area is 97.3 Å². The van der Waals surface area contributed by atoms with Crippen LogP contribution >= 0.6 is 0 Å². The number of fused-ring (bicyclic) bond motifs is 1. The summed E-state index contributed by atoms with van der Waals surface area (Å²) in [7, 11) is 0. The standard InChI is InChI=1S/C14H19N2/c1-3-9-16(10-4-2)14-11-15-13-8-6-5-7-12(13)14/h5-8,15H,3-4,9-10H2,1-2H3. The molecule has 0 saturated carbocycles. The molecule has 2 heteroatoms. The fraction of sp³-hybridized carbons (Fsp3) is 0.429. The quantitative estimate of drug-likeness (QED) is 0.807. The zero-order valence-corrected chi connectivity index (χ0v) is 10.1. The average Bonchev–Trinajstić information content (AvgIpc) is 2.72. The Kier molecular flexibility index (Phi) is 3.50. The van der Waals surface area contributed by atoms with E-state index in [9.17, 15) is 0 Å². The second kappa shape index (κ2) is 5.06. The number of hydrogen-bond acceptors (Lipinski definition) is 1. The molecular formula is C14H19N2. The molecule has 0 aliphatic rings. The lowest BCUT2D eigenvalue weighted by atomic mass is 10.2. The van der Waals surface area contributed by atoms with Crippen molar-refractivity contribution < 1.29 is 0 Å². The van der Waals surface area contributed by atoms with Gasteiger partial charge in [-0.2, -0.15) is 0 Å². The fourth-order valence-electron chi connectivity index (χ4n) is 2.12. The van der Waals surface area contributed by atoms with E-state index in [1.165, 1.54) is 29.4 Å². The number of rotatable bonds is 5. The highest BCUT2D eigenvalue weighted by atomic mass is 15.1. The molecule has 0 spiro atoms. The van der Waals surface area contributed by atoms with Crippen molar-refractivity contribution in [3.8, 4) is 0 Å². The number of H-pyrrole nitrogens is 1. The van der Waals surface area contributed by atoms with Crippen LogP contribution in [-0.4, -0.2) is 18.1 Å². The van der Waals surface area contributed by atoms with Crippen LogP contribution in [0, 0.1) is 6.20 Å². The van der Waals surface area contributed by atoms with Crippen LogP contribution in [0.2, 0.25) is 0 Å². The van der Waals surface area contributed by atoms with E-state index in [4.69, 9.17) is 0 Å². The van der Waals surface area contributed by atoms with Gasteiger partial charge in [0.25, 0.3) is 0 Å². The van der Waals surface area contributed by atoms with Gasteiger partial charge < -0.3 is 9.88 Å². The topological polar surface area (TPSA) is 19.0 Å². The number of aromatic nitrogens is 1. The van der Waals surface area contributed by atoms with Crippen molar-refractivity contribution in [1.29, 1.82) is 0 Å². The highest BCUT2D eigenvalue weighted by Gasteiger charge is 2.10. The Hall–Kier alpha value is -1.44. The predicted molar refractivity (Wildman–Crippen MR) is 69.9 cm³/mol. The van der Waals surface area contributed by atoms with Crippen molar-refractivity contribution in [2.45, 2.75) is 26.7 Å². The zero-order valence-electron chi connectivity index (χ0n) is 10.1. The predicted octanol–water partition coefficient (Wildman–Crippen LogP) is 3.59. The summed E-state index contributed by atoms with van der Waals surface area (Å²) < 4.78 is 0. The van der Waals surface area contributed by atoms with Crippen LogP contribution in [0.1, 0.15) is 26.7 Å². The molecule has 2 aromatic rings. The van der Waals surface area contributed by atoms with Crippen LogP contribution in [-0.2, 0) is 0 Å². The van der Waals surface area contributed by atoms with Gasteiger partial charge in [0.15, 0.2) is 0 Å². The van der Waals surface area contributed by atoms with E-state index in [1.807, 2.05) is 0 Å². The van der Waals surface area contributed by atoms with Gasteiger partial charge in [-0.05, 0) is 18.9 Å². The monoisotopic (exact) mass is 215 g/mol. The third-order valence-corrected chi connectivity index (χ3v) is 2.80. The molecule has 16 heavy (non-hydrogen) atoms. The Balaban J connectivity index is 2.36. The van der Waals surface area contributed by atoms with Crippen molar-refractivity contribution >= 4 is 16.6 Å². The molecular weight excluding hydrogens is 196 g/mol. The van der Waals surface area contributed by atoms with E-state index in [1.54, 1.807) is 0 Å². The van der Waals surface area contributed by atoms with Gasteiger partial charge in [0.1, 0.15) is 0 Å². The summed E-state index contributed by atoms with van der Waals surface area (Å²) in [5.41, 5.74) is 2.40. The first-order valence-corrected chi connectivity index (χ1v) is 6.10. The first-order valence-electron chi connectivity index (χ1n) is 6.10. The van der Waals surface area contributed by atoms with Crippen molar-refractivity contribution in [2.75, 3.05) is 18.0 Å². The molecule has 0 atom stereocenters. The molecule has 0 unspecified atom stereocenters. The number of nitrogens with zero attached hydrogens (tertiary/aromatic N) is 1. The minimum absolute atomic E-state index is 1.10. The summed E-state index contributed by atoms with van der Waals surface area (Å²) in [5, 5.41) is 1.28. The minimum Gasteiger partial charge on any atom is -0.369 e. The van der Waals surface area contributed by atoms with Gasteiger partial charge in [-0.25, -0.2) is 0 Å². The van der Waals surface area contributed by atoms with Crippen LogP contribution in [0.25, 0.3) is 10.9 Å². The fourth-order valence-corrected chi connectivity index (χ4v) is 2.12. The summed E-state index contributed by atoms with van der Waals surface area (Å²) in [4.78, 5) is 5.63. The first-order chi connectivity index (χ1) is 7.86. The van der Waals surface area contributed by atoms with Gasteiger partial charge in [-0.15, -0.1) is 0 Å². The molecule has 1 aromatic carbocycles. The highest BCUT2D eigenvalue weighted by molar-refractivity contribution is 5.92. The smallest absolute Gasteiger partial charge is 0.0890 e.